The maximum atomic E-state index is 11.9. The number of aromatic nitrogens is 2. The lowest BCUT2D eigenvalue weighted by Gasteiger charge is -2.19. The molecule has 0 aliphatic heterocycles. The summed E-state index contributed by atoms with van der Waals surface area (Å²) >= 11 is 0. The Balaban J connectivity index is 2.20. The van der Waals surface area contributed by atoms with Crippen molar-refractivity contribution in [2.45, 2.75) is 33.2 Å². The van der Waals surface area contributed by atoms with Crippen LogP contribution in [0.1, 0.15) is 37.0 Å². The molecule has 1 heterocycles. The van der Waals surface area contributed by atoms with Crippen molar-refractivity contribution in [2.24, 2.45) is 0 Å². The predicted octanol–water partition coefficient (Wildman–Crippen LogP) is 2.98. The van der Waals surface area contributed by atoms with E-state index in [2.05, 4.69) is 21.4 Å². The van der Waals surface area contributed by atoms with Crippen molar-refractivity contribution in [1.82, 2.24) is 15.3 Å². The fourth-order valence-electron chi connectivity index (χ4n) is 1.82. The van der Waals surface area contributed by atoms with Gasteiger partial charge in [0.05, 0.1) is 0 Å². The molecule has 0 aliphatic rings. The smallest absolute Gasteiger partial charge is 0.289 e. The number of amides is 1. The van der Waals surface area contributed by atoms with Crippen molar-refractivity contribution in [3.05, 3.63) is 48.0 Å². The van der Waals surface area contributed by atoms with E-state index in [1.165, 1.54) is 5.56 Å². The predicted molar refractivity (Wildman–Crippen MR) is 79.4 cm³/mol. The molecule has 4 heteroatoms. The summed E-state index contributed by atoms with van der Waals surface area (Å²) in [5.74, 6) is -0.0652. The molecule has 1 N–H and O–H groups in total. The van der Waals surface area contributed by atoms with Crippen LogP contribution < -0.4 is 5.32 Å². The fourth-order valence-corrected chi connectivity index (χ4v) is 1.82. The van der Waals surface area contributed by atoms with Crippen LogP contribution in [0.25, 0.3) is 11.1 Å². The second-order valence-electron chi connectivity index (χ2n) is 5.87. The van der Waals surface area contributed by atoms with Gasteiger partial charge in [0.2, 0.25) is 5.82 Å². The van der Waals surface area contributed by atoms with Crippen LogP contribution in [-0.2, 0) is 0 Å². The Morgan fingerprint density at radius 1 is 1.10 bits per heavy atom. The van der Waals surface area contributed by atoms with Gasteiger partial charge in [-0.15, -0.1) is 0 Å². The minimum Gasteiger partial charge on any atom is -0.345 e. The first-order valence-electron chi connectivity index (χ1n) is 6.57. The maximum Gasteiger partial charge on any atom is 0.289 e. The number of hydrogen-bond donors (Lipinski definition) is 1. The molecule has 2 aromatic rings. The van der Waals surface area contributed by atoms with Gasteiger partial charge in [0, 0.05) is 23.5 Å². The van der Waals surface area contributed by atoms with Gasteiger partial charge in [0.1, 0.15) is 0 Å². The minimum absolute atomic E-state index is 0.191. The van der Waals surface area contributed by atoms with Crippen LogP contribution in [-0.4, -0.2) is 21.4 Å². The number of aryl methyl sites for hydroxylation is 1. The van der Waals surface area contributed by atoms with E-state index in [4.69, 9.17) is 0 Å². The van der Waals surface area contributed by atoms with Crippen molar-refractivity contribution < 1.29 is 4.79 Å². The number of nitrogens with zero attached hydrogens (tertiary/aromatic N) is 2. The van der Waals surface area contributed by atoms with Gasteiger partial charge in [-0.1, -0.05) is 29.8 Å². The number of benzene rings is 1. The highest BCUT2D eigenvalue weighted by molar-refractivity contribution is 5.91. The van der Waals surface area contributed by atoms with Crippen molar-refractivity contribution in [3.8, 4) is 11.1 Å². The number of carbonyl (C=O) groups excluding carboxylic acids is 1. The van der Waals surface area contributed by atoms with Crippen LogP contribution in [0.4, 0.5) is 0 Å². The molecule has 4 nitrogen and oxygen atoms in total. The zero-order chi connectivity index (χ0) is 14.8. The second-order valence-corrected chi connectivity index (χ2v) is 5.87. The van der Waals surface area contributed by atoms with Gasteiger partial charge in [0.15, 0.2) is 0 Å². The SMILES string of the molecule is Cc1cccc(-c2cnc(C(=O)NC(C)(C)C)nc2)c1. The molecule has 0 saturated heterocycles. The summed E-state index contributed by atoms with van der Waals surface area (Å²) in [5.41, 5.74) is 2.83. The van der Waals surface area contributed by atoms with Gasteiger partial charge in [0.25, 0.3) is 5.91 Å². The third-order valence-corrected chi connectivity index (χ3v) is 2.69. The summed E-state index contributed by atoms with van der Waals surface area (Å²) in [7, 11) is 0. The molecule has 0 unspecified atom stereocenters. The number of nitrogens with one attached hydrogen (secondary N) is 1. The Morgan fingerprint density at radius 3 is 2.30 bits per heavy atom. The largest absolute Gasteiger partial charge is 0.345 e. The summed E-state index contributed by atoms with van der Waals surface area (Å²) in [6, 6.07) is 8.09. The van der Waals surface area contributed by atoms with E-state index in [0.717, 1.165) is 11.1 Å². The molecule has 2 rings (SSSR count). The van der Waals surface area contributed by atoms with Crippen LogP contribution in [0.5, 0.6) is 0 Å². The van der Waals surface area contributed by atoms with Crippen molar-refractivity contribution in [1.29, 1.82) is 0 Å². The molecule has 0 saturated carbocycles. The molecule has 1 aromatic carbocycles. The van der Waals surface area contributed by atoms with Gasteiger partial charge < -0.3 is 5.32 Å². The third kappa shape index (κ3) is 3.63. The van der Waals surface area contributed by atoms with E-state index in [1.807, 2.05) is 45.9 Å². The first-order chi connectivity index (χ1) is 9.35. The minimum atomic E-state index is -0.296. The van der Waals surface area contributed by atoms with E-state index in [1.54, 1.807) is 12.4 Å². The zero-order valence-corrected chi connectivity index (χ0v) is 12.3. The number of hydrogen-bond acceptors (Lipinski definition) is 3. The normalized spacial score (nSPS) is 11.2. The summed E-state index contributed by atoms with van der Waals surface area (Å²) in [4.78, 5) is 20.2. The molecule has 1 amide bonds. The lowest BCUT2D eigenvalue weighted by atomic mass is 10.1. The molecule has 20 heavy (non-hydrogen) atoms. The van der Waals surface area contributed by atoms with E-state index >= 15 is 0 Å². The molecule has 0 spiro atoms. The summed E-state index contributed by atoms with van der Waals surface area (Å²) in [6.07, 6.45) is 3.36. The van der Waals surface area contributed by atoms with E-state index in [0.29, 0.717) is 0 Å². The summed E-state index contributed by atoms with van der Waals surface area (Å²) in [6.45, 7) is 7.81. The highest BCUT2D eigenvalue weighted by atomic mass is 16.2. The number of rotatable bonds is 2. The monoisotopic (exact) mass is 269 g/mol. The molecule has 0 aliphatic carbocycles. The van der Waals surface area contributed by atoms with Crippen molar-refractivity contribution in [2.75, 3.05) is 0 Å². The topological polar surface area (TPSA) is 54.9 Å². The fraction of sp³-hybridized carbons (Fsp3) is 0.312. The summed E-state index contributed by atoms with van der Waals surface area (Å²) < 4.78 is 0. The van der Waals surface area contributed by atoms with E-state index < -0.39 is 0 Å². The zero-order valence-electron chi connectivity index (χ0n) is 12.3. The Morgan fingerprint density at radius 2 is 1.75 bits per heavy atom. The molecule has 0 bridgehead atoms. The quantitative estimate of drug-likeness (QED) is 0.912. The first kappa shape index (κ1) is 14.2. The highest BCUT2D eigenvalue weighted by Gasteiger charge is 2.17. The number of carbonyl (C=O) groups is 1. The first-order valence-corrected chi connectivity index (χ1v) is 6.57. The van der Waals surface area contributed by atoms with Crippen LogP contribution in [0.2, 0.25) is 0 Å². The van der Waals surface area contributed by atoms with Gasteiger partial charge in [-0.05, 0) is 33.3 Å². The van der Waals surface area contributed by atoms with E-state index in [-0.39, 0.29) is 17.3 Å². The Kier molecular flexibility index (Phi) is 3.84. The van der Waals surface area contributed by atoms with Crippen LogP contribution in [0.3, 0.4) is 0 Å². The Labute approximate surface area is 119 Å². The maximum absolute atomic E-state index is 11.9. The van der Waals surface area contributed by atoms with Gasteiger partial charge in [-0.2, -0.15) is 0 Å². The van der Waals surface area contributed by atoms with Crippen LogP contribution in [0, 0.1) is 6.92 Å². The van der Waals surface area contributed by atoms with Crippen molar-refractivity contribution in [3.63, 3.8) is 0 Å². The Hall–Kier alpha value is -2.23. The lowest BCUT2D eigenvalue weighted by Crippen LogP contribution is -2.41. The van der Waals surface area contributed by atoms with E-state index in [9.17, 15) is 4.79 Å². The average Bonchev–Trinajstić information content (AvgIpc) is 2.37. The van der Waals surface area contributed by atoms with Crippen LogP contribution in [0.15, 0.2) is 36.7 Å². The summed E-state index contributed by atoms with van der Waals surface area (Å²) in [5, 5.41) is 2.84. The molecular formula is C16H19N3O. The molecule has 104 valence electrons. The Bertz CT molecular complexity index is 612. The van der Waals surface area contributed by atoms with Crippen LogP contribution >= 0.6 is 0 Å². The average molecular weight is 269 g/mol. The highest BCUT2D eigenvalue weighted by Crippen LogP contribution is 2.18. The van der Waals surface area contributed by atoms with Crippen molar-refractivity contribution >= 4 is 5.91 Å². The molecular weight excluding hydrogens is 250 g/mol. The standard InChI is InChI=1S/C16H19N3O/c1-11-6-5-7-12(8-11)13-9-17-14(18-10-13)15(20)19-16(2,3)4/h5-10H,1-4H3,(H,19,20). The molecule has 0 atom stereocenters. The van der Waals surface area contributed by atoms with Gasteiger partial charge in [-0.3, -0.25) is 4.79 Å². The molecule has 1 aromatic heterocycles. The molecule has 0 fully saturated rings. The van der Waals surface area contributed by atoms with Gasteiger partial charge in [-0.25, -0.2) is 9.97 Å². The third-order valence-electron chi connectivity index (χ3n) is 2.69. The second kappa shape index (κ2) is 5.41. The lowest BCUT2D eigenvalue weighted by molar-refractivity contribution is 0.0909. The van der Waals surface area contributed by atoms with Gasteiger partial charge >= 0.3 is 0 Å². The molecule has 0 radical (unpaired) electrons.